The topological polar surface area (TPSA) is 66.4 Å². The van der Waals surface area contributed by atoms with Crippen LogP contribution in [0.15, 0.2) is 119 Å². The number of benzene rings is 3. The number of aliphatic hydroxyl groups excluding tert-OH is 1. The number of thioether (sulfide) groups is 1. The van der Waals surface area contributed by atoms with Gasteiger partial charge in [-0.25, -0.2) is 0 Å². The first-order valence-corrected chi connectivity index (χ1v) is 18.6. The molecular formula is C44H40F6O6S2. The second kappa shape index (κ2) is 21.2. The van der Waals surface area contributed by atoms with Crippen LogP contribution >= 0.6 is 23.1 Å². The first-order chi connectivity index (χ1) is 27.8. The largest absolute Gasteiger partial charge is 0.497 e. The lowest BCUT2D eigenvalue weighted by atomic mass is 9.98. The molecule has 0 fully saturated rings. The third kappa shape index (κ3) is 10.4. The minimum atomic E-state index is -5.72. The third-order valence-corrected chi connectivity index (χ3v) is 10.1. The summed E-state index contributed by atoms with van der Waals surface area (Å²) in [6, 6.07) is 21.4. The maximum Gasteiger partial charge on any atom is 0.380 e. The predicted octanol–water partition coefficient (Wildman–Crippen LogP) is 12.3. The van der Waals surface area contributed by atoms with Gasteiger partial charge in [-0.3, -0.25) is 0 Å². The van der Waals surface area contributed by atoms with Gasteiger partial charge in [0.15, 0.2) is 5.06 Å². The van der Waals surface area contributed by atoms with E-state index in [1.54, 1.807) is 105 Å². The Labute approximate surface area is 342 Å². The van der Waals surface area contributed by atoms with Gasteiger partial charge in [0.05, 0.1) is 21.3 Å². The second-order valence-corrected chi connectivity index (χ2v) is 13.5. The number of allylic oxidation sites excluding steroid dienone is 7. The molecule has 0 atom stereocenters. The molecular weight excluding hydrogens is 803 g/mol. The zero-order valence-corrected chi connectivity index (χ0v) is 33.7. The van der Waals surface area contributed by atoms with Gasteiger partial charge in [0, 0.05) is 28.7 Å². The number of halogens is 6. The second-order valence-electron chi connectivity index (χ2n) is 11.6. The summed E-state index contributed by atoms with van der Waals surface area (Å²) < 4.78 is 120. The van der Waals surface area contributed by atoms with Crippen molar-refractivity contribution >= 4 is 28.7 Å². The first-order valence-electron chi connectivity index (χ1n) is 17.0. The van der Waals surface area contributed by atoms with E-state index >= 15 is 26.3 Å². The molecule has 0 saturated heterocycles. The molecule has 0 amide bonds. The molecule has 58 heavy (non-hydrogen) atoms. The molecule has 6 nitrogen and oxygen atoms in total. The van der Waals surface area contributed by atoms with Crippen LogP contribution in [0, 0.1) is 24.5 Å². The molecule has 1 heterocycles. The van der Waals surface area contributed by atoms with Crippen molar-refractivity contribution in [3.05, 3.63) is 125 Å². The number of terminal acetylenes is 2. The minimum absolute atomic E-state index is 0.0727. The van der Waals surface area contributed by atoms with Gasteiger partial charge in [0.2, 0.25) is 0 Å². The number of hydrogen-bond acceptors (Lipinski definition) is 8. The van der Waals surface area contributed by atoms with Gasteiger partial charge in [0.25, 0.3) is 0 Å². The molecule has 5 rings (SSSR count). The minimum Gasteiger partial charge on any atom is -0.497 e. The highest BCUT2D eigenvalue weighted by Crippen LogP contribution is 2.64. The SMILES string of the molecule is C#C.C#CS/C(=C\CC1=C(c2cc(-c3ccc(Oc4ccc(OC)cc4)cc3)sc2OC)C(F)(F)C(F)(F)C1(F)F)C/C=C\C(=C/C)Oc1ccc(OC)cc1.CO. The van der Waals surface area contributed by atoms with E-state index in [2.05, 4.69) is 18.1 Å². The molecule has 306 valence electrons. The van der Waals surface area contributed by atoms with Gasteiger partial charge < -0.3 is 28.8 Å². The molecule has 3 aromatic carbocycles. The monoisotopic (exact) mass is 842 g/mol. The average molecular weight is 843 g/mol. The number of aliphatic hydroxyl groups is 1. The Morgan fingerprint density at radius 1 is 0.776 bits per heavy atom. The van der Waals surface area contributed by atoms with E-state index in [1.807, 2.05) is 0 Å². The highest BCUT2D eigenvalue weighted by Gasteiger charge is 2.80. The van der Waals surface area contributed by atoms with Crippen molar-refractivity contribution in [3.63, 3.8) is 0 Å². The molecule has 0 saturated carbocycles. The van der Waals surface area contributed by atoms with Crippen molar-refractivity contribution in [3.8, 4) is 68.8 Å². The van der Waals surface area contributed by atoms with E-state index in [4.69, 9.17) is 35.2 Å². The molecule has 0 aliphatic heterocycles. The van der Waals surface area contributed by atoms with Gasteiger partial charge in [-0.05, 0) is 138 Å². The molecule has 1 aromatic heterocycles. The standard InChI is InChI=1S/C41H34F6O5S2.C2H2.CH4O/c1-6-27(51-31-19-15-28(48-3)16-20-31)9-8-10-33(53-7-2)23-24-35-37(40(44,45)41(46,47)39(35,42)43)34-25-36(54-38(34)50-5)26-11-13-30(14-12-26)52-32-21-17-29(49-4)18-22-32;2*1-2/h2,6,8-9,11-23,25H,10,24H2,1,3-5H3;1-2H;2H,1H3/b9-8-,27-6+,33-23-;;. The van der Waals surface area contributed by atoms with Crippen molar-refractivity contribution in [2.75, 3.05) is 28.4 Å². The van der Waals surface area contributed by atoms with E-state index in [9.17, 15) is 0 Å². The summed E-state index contributed by atoms with van der Waals surface area (Å²) >= 11 is 1.67. The molecule has 0 spiro atoms. The summed E-state index contributed by atoms with van der Waals surface area (Å²) in [4.78, 5) is 0.615. The Balaban J connectivity index is 0.00000218. The zero-order valence-electron chi connectivity index (χ0n) is 32.0. The van der Waals surface area contributed by atoms with Crippen LogP contribution in [0.25, 0.3) is 16.0 Å². The molecule has 0 radical (unpaired) electrons. The van der Waals surface area contributed by atoms with Gasteiger partial charge in [-0.1, -0.05) is 23.5 Å². The number of rotatable bonds is 15. The normalized spacial score (nSPS) is 15.3. The number of hydrogen-bond donors (Lipinski definition) is 1. The Kier molecular flexibility index (Phi) is 17.1. The summed E-state index contributed by atoms with van der Waals surface area (Å²) in [5, 5.41) is 9.10. The Morgan fingerprint density at radius 2 is 1.29 bits per heavy atom. The lowest BCUT2D eigenvalue weighted by molar-refractivity contribution is -0.260. The van der Waals surface area contributed by atoms with E-state index in [0.29, 0.717) is 49.9 Å². The van der Waals surface area contributed by atoms with Crippen LogP contribution in [0.5, 0.6) is 33.8 Å². The molecule has 1 aliphatic carbocycles. The molecule has 0 unspecified atom stereocenters. The maximum atomic E-state index is 15.6. The van der Waals surface area contributed by atoms with E-state index in [0.717, 1.165) is 49.5 Å². The smallest absolute Gasteiger partial charge is 0.380 e. The Hall–Kier alpha value is -5.67. The van der Waals surface area contributed by atoms with Crippen LogP contribution in [-0.4, -0.2) is 51.3 Å². The first kappa shape index (κ1) is 46.7. The van der Waals surface area contributed by atoms with Crippen molar-refractivity contribution in [1.29, 1.82) is 0 Å². The average Bonchev–Trinajstić information content (AvgIpc) is 3.71. The van der Waals surface area contributed by atoms with Gasteiger partial charge in [0.1, 0.15) is 34.5 Å². The highest BCUT2D eigenvalue weighted by molar-refractivity contribution is 8.07. The summed E-state index contributed by atoms with van der Waals surface area (Å²) in [7, 11) is 5.23. The zero-order chi connectivity index (χ0) is 43.1. The summed E-state index contributed by atoms with van der Waals surface area (Å²) in [6.07, 6.45) is 18.7. The van der Waals surface area contributed by atoms with E-state index < -0.39 is 40.9 Å². The lowest BCUT2D eigenvalue weighted by Gasteiger charge is -2.25. The fourth-order valence-corrected chi connectivity index (χ4v) is 6.96. The maximum absolute atomic E-state index is 15.6. The lowest BCUT2D eigenvalue weighted by Crippen LogP contribution is -2.49. The molecule has 0 bridgehead atoms. The highest BCUT2D eigenvalue weighted by atomic mass is 32.2. The molecule has 1 N–H and O–H groups in total. The number of methoxy groups -OCH3 is 3. The van der Waals surface area contributed by atoms with Gasteiger partial charge in [-0.2, -0.15) is 26.3 Å². The van der Waals surface area contributed by atoms with Crippen LogP contribution in [0.2, 0.25) is 0 Å². The van der Waals surface area contributed by atoms with E-state index in [1.165, 1.54) is 7.11 Å². The Bertz CT molecular complexity index is 2150. The predicted molar refractivity (Wildman–Crippen MR) is 219 cm³/mol. The summed E-state index contributed by atoms with van der Waals surface area (Å²) in [6.45, 7) is 1.74. The van der Waals surface area contributed by atoms with Crippen molar-refractivity contribution in [1.82, 2.24) is 0 Å². The van der Waals surface area contributed by atoms with Gasteiger partial charge in [-0.15, -0.1) is 19.3 Å². The third-order valence-electron chi connectivity index (χ3n) is 8.27. The van der Waals surface area contributed by atoms with Gasteiger partial charge >= 0.3 is 17.8 Å². The molecule has 1 aliphatic rings. The fraction of sp³-hybridized carbons (Fsp3) is 0.227. The van der Waals surface area contributed by atoms with Crippen LogP contribution in [0.4, 0.5) is 26.3 Å². The number of ether oxygens (including phenoxy) is 5. The van der Waals surface area contributed by atoms with Crippen LogP contribution in [0.3, 0.4) is 0 Å². The number of thiophene rings is 1. The van der Waals surface area contributed by atoms with Crippen LogP contribution < -0.4 is 23.7 Å². The van der Waals surface area contributed by atoms with Crippen molar-refractivity contribution in [2.24, 2.45) is 0 Å². The number of alkyl halides is 6. The van der Waals surface area contributed by atoms with E-state index in [-0.39, 0.29) is 11.5 Å². The quantitative estimate of drug-likeness (QED) is 0.0553. The fourth-order valence-electron chi connectivity index (χ4n) is 5.48. The van der Waals surface area contributed by atoms with Crippen LogP contribution in [-0.2, 0) is 0 Å². The summed E-state index contributed by atoms with van der Waals surface area (Å²) in [5.74, 6) is -12.9. The molecule has 4 aromatic rings. The van der Waals surface area contributed by atoms with Crippen molar-refractivity contribution < 1.29 is 55.1 Å². The van der Waals surface area contributed by atoms with Crippen molar-refractivity contribution in [2.45, 2.75) is 37.5 Å². The summed E-state index contributed by atoms with van der Waals surface area (Å²) in [5.41, 5.74) is -2.98. The van der Waals surface area contributed by atoms with Crippen LogP contribution in [0.1, 0.15) is 25.3 Å². The molecule has 14 heteroatoms. The Morgan fingerprint density at radius 3 is 1.79 bits per heavy atom.